The summed E-state index contributed by atoms with van der Waals surface area (Å²) in [5.74, 6) is -0.977. The summed E-state index contributed by atoms with van der Waals surface area (Å²) in [7, 11) is 0. The molecule has 0 aliphatic rings. The van der Waals surface area contributed by atoms with E-state index in [0.29, 0.717) is 16.5 Å². The monoisotopic (exact) mass is 569 g/mol. The first-order chi connectivity index (χ1) is 16.6. The van der Waals surface area contributed by atoms with Crippen LogP contribution >= 0.6 is 27.5 Å². The smallest absolute Gasteiger partial charge is 0.404 e. The normalized spacial score (nSPS) is 10.8. The molecule has 0 aliphatic carbocycles. The molecule has 0 unspecified atom stereocenters. The number of nitrogens with one attached hydrogen (secondary N) is 2. The van der Waals surface area contributed by atoms with E-state index in [2.05, 4.69) is 41.8 Å². The van der Waals surface area contributed by atoms with Crippen LogP contribution in [0.1, 0.15) is 33.3 Å². The van der Waals surface area contributed by atoms with E-state index >= 15 is 0 Å². The average Bonchev–Trinajstić information content (AvgIpc) is 3.39. The minimum Gasteiger partial charge on any atom is -0.484 e. The van der Waals surface area contributed by atoms with Crippen molar-refractivity contribution < 1.29 is 23.8 Å². The zero-order valence-corrected chi connectivity index (χ0v) is 21.3. The molecule has 0 saturated carbocycles. The number of nitrogens with zero attached hydrogens (tertiary/aromatic N) is 5. The van der Waals surface area contributed by atoms with Crippen molar-refractivity contribution >= 4 is 45.2 Å². The lowest BCUT2D eigenvalue weighted by Crippen LogP contribution is -2.36. The number of rotatable bonds is 10. The Morgan fingerprint density at radius 2 is 1.89 bits per heavy atom. The SMILES string of the molecule is Cc1cc(OCC(=O)NCCNC(=O)c2nc(Cn3nc([N+](=O)[O-])c(Br)c3C)no2)cc(C)c1Cl. The zero-order valence-electron chi connectivity index (χ0n) is 18.9. The summed E-state index contributed by atoms with van der Waals surface area (Å²) in [5.41, 5.74) is 2.19. The van der Waals surface area contributed by atoms with Crippen LogP contribution in [-0.2, 0) is 11.3 Å². The number of nitro groups is 1. The third-order valence-corrected chi connectivity index (χ3v) is 6.28. The molecule has 2 heterocycles. The maximum Gasteiger partial charge on any atom is 0.404 e. The van der Waals surface area contributed by atoms with Crippen LogP contribution in [0.2, 0.25) is 5.02 Å². The summed E-state index contributed by atoms with van der Waals surface area (Å²) in [6.45, 7) is 5.37. The number of hydrogen-bond donors (Lipinski definition) is 2. The summed E-state index contributed by atoms with van der Waals surface area (Å²) < 4.78 is 12.0. The standard InChI is InChI=1S/C20H21BrClN7O6/c1-10-6-13(7-11(2)17(10)22)34-9-15(30)23-4-5-24-19(31)20-25-14(27-35-20)8-28-12(3)16(21)18(26-28)29(32)33/h6-7H,4-5,8-9H2,1-3H3,(H,23,30)(H,24,31). The molecular formula is C20H21BrClN7O6. The van der Waals surface area contributed by atoms with Gasteiger partial charge in [0.25, 0.3) is 5.91 Å². The Labute approximate surface area is 212 Å². The van der Waals surface area contributed by atoms with Crippen LogP contribution in [0.5, 0.6) is 5.75 Å². The molecule has 0 radical (unpaired) electrons. The second-order valence-electron chi connectivity index (χ2n) is 7.42. The zero-order chi connectivity index (χ0) is 25.7. The summed E-state index contributed by atoms with van der Waals surface area (Å²) in [5, 5.41) is 24.4. The van der Waals surface area contributed by atoms with Crippen molar-refractivity contribution in [3.63, 3.8) is 0 Å². The lowest BCUT2D eigenvalue weighted by atomic mass is 10.1. The number of carbonyl (C=O) groups excluding carboxylic acids is 2. The van der Waals surface area contributed by atoms with Gasteiger partial charge in [0.1, 0.15) is 16.8 Å². The highest BCUT2D eigenvalue weighted by molar-refractivity contribution is 9.10. The first kappa shape index (κ1) is 26.1. The first-order valence-electron chi connectivity index (χ1n) is 10.2. The fraction of sp³-hybridized carbons (Fsp3) is 0.350. The molecule has 0 atom stereocenters. The highest BCUT2D eigenvalue weighted by Gasteiger charge is 2.25. The number of hydrogen-bond acceptors (Lipinski definition) is 9. The van der Waals surface area contributed by atoms with Crippen molar-refractivity contribution in [2.75, 3.05) is 19.7 Å². The van der Waals surface area contributed by atoms with Gasteiger partial charge in [-0.05, 0) is 64.9 Å². The molecule has 186 valence electrons. The molecule has 3 aromatic rings. The number of carbonyl (C=O) groups is 2. The van der Waals surface area contributed by atoms with Crippen molar-refractivity contribution in [3.8, 4) is 5.75 Å². The van der Waals surface area contributed by atoms with E-state index in [1.165, 1.54) is 4.68 Å². The summed E-state index contributed by atoms with van der Waals surface area (Å²) in [6, 6.07) is 3.49. The molecule has 2 N–H and O–H groups in total. The first-order valence-corrected chi connectivity index (χ1v) is 11.4. The van der Waals surface area contributed by atoms with Crippen LogP contribution in [0.15, 0.2) is 21.1 Å². The van der Waals surface area contributed by atoms with Gasteiger partial charge in [0, 0.05) is 18.1 Å². The highest BCUT2D eigenvalue weighted by Crippen LogP contribution is 2.27. The molecule has 0 fully saturated rings. The molecule has 0 bridgehead atoms. The van der Waals surface area contributed by atoms with Crippen LogP contribution in [0.3, 0.4) is 0 Å². The lowest BCUT2D eigenvalue weighted by molar-refractivity contribution is -0.390. The van der Waals surface area contributed by atoms with Crippen molar-refractivity contribution in [2.45, 2.75) is 27.3 Å². The van der Waals surface area contributed by atoms with E-state index in [-0.39, 0.29) is 54.2 Å². The largest absolute Gasteiger partial charge is 0.484 e. The third kappa shape index (κ3) is 6.54. The fourth-order valence-electron chi connectivity index (χ4n) is 2.97. The summed E-state index contributed by atoms with van der Waals surface area (Å²) >= 11 is 9.24. The molecule has 1 aromatic carbocycles. The van der Waals surface area contributed by atoms with Gasteiger partial charge in [-0.3, -0.25) is 9.59 Å². The van der Waals surface area contributed by atoms with Gasteiger partial charge in [-0.25, -0.2) is 0 Å². The van der Waals surface area contributed by atoms with E-state index < -0.39 is 10.8 Å². The van der Waals surface area contributed by atoms with Gasteiger partial charge in [0.05, 0.1) is 10.8 Å². The van der Waals surface area contributed by atoms with Crippen molar-refractivity contribution in [3.05, 3.63) is 60.3 Å². The minimum atomic E-state index is -0.634. The molecule has 0 saturated heterocycles. The van der Waals surface area contributed by atoms with E-state index in [4.69, 9.17) is 20.9 Å². The summed E-state index contributed by atoms with van der Waals surface area (Å²) in [4.78, 5) is 38.5. The number of aryl methyl sites for hydroxylation is 2. The molecule has 13 nitrogen and oxygen atoms in total. The van der Waals surface area contributed by atoms with E-state index in [1.54, 1.807) is 19.1 Å². The number of amides is 2. The van der Waals surface area contributed by atoms with Gasteiger partial charge in [-0.2, -0.15) is 9.67 Å². The Kier molecular flexibility index (Phi) is 8.40. The van der Waals surface area contributed by atoms with Crippen LogP contribution in [0.25, 0.3) is 0 Å². The Balaban J connectivity index is 1.42. The average molecular weight is 571 g/mol. The lowest BCUT2D eigenvalue weighted by Gasteiger charge is -2.10. The number of benzene rings is 1. The molecule has 0 aliphatic heterocycles. The quantitative estimate of drug-likeness (QED) is 0.211. The summed E-state index contributed by atoms with van der Waals surface area (Å²) in [6.07, 6.45) is 0. The topological polar surface area (TPSA) is 167 Å². The Morgan fingerprint density at radius 1 is 1.23 bits per heavy atom. The van der Waals surface area contributed by atoms with Crippen LogP contribution in [0, 0.1) is 30.9 Å². The van der Waals surface area contributed by atoms with E-state index in [1.807, 2.05) is 13.8 Å². The molecule has 2 amide bonds. The third-order valence-electron chi connectivity index (χ3n) is 4.76. The van der Waals surface area contributed by atoms with Gasteiger partial charge in [-0.1, -0.05) is 16.8 Å². The predicted molar refractivity (Wildman–Crippen MR) is 126 cm³/mol. The molecule has 35 heavy (non-hydrogen) atoms. The minimum absolute atomic E-state index is 0.0300. The van der Waals surface area contributed by atoms with Crippen LogP contribution in [-0.4, -0.2) is 56.4 Å². The van der Waals surface area contributed by atoms with E-state index in [9.17, 15) is 19.7 Å². The number of aromatic nitrogens is 4. The second kappa shape index (κ2) is 11.3. The highest BCUT2D eigenvalue weighted by atomic mass is 79.9. The fourth-order valence-corrected chi connectivity index (χ4v) is 3.50. The van der Waals surface area contributed by atoms with Crippen LogP contribution in [0.4, 0.5) is 5.82 Å². The van der Waals surface area contributed by atoms with E-state index in [0.717, 1.165) is 11.1 Å². The van der Waals surface area contributed by atoms with Crippen LogP contribution < -0.4 is 15.4 Å². The van der Waals surface area contributed by atoms with Crippen molar-refractivity contribution in [1.29, 1.82) is 0 Å². The Hall–Kier alpha value is -3.52. The molecular weight excluding hydrogens is 550 g/mol. The molecule has 3 rings (SSSR count). The van der Waals surface area contributed by atoms with Gasteiger partial charge in [-0.15, -0.1) is 0 Å². The van der Waals surface area contributed by atoms with Crippen molar-refractivity contribution in [2.24, 2.45) is 0 Å². The number of ether oxygens (including phenoxy) is 1. The van der Waals surface area contributed by atoms with Gasteiger partial charge in [0.15, 0.2) is 12.4 Å². The number of halogens is 2. The second-order valence-corrected chi connectivity index (χ2v) is 8.59. The Morgan fingerprint density at radius 3 is 2.51 bits per heavy atom. The maximum atomic E-state index is 12.2. The molecule has 2 aromatic heterocycles. The maximum absolute atomic E-state index is 12.2. The van der Waals surface area contributed by atoms with Crippen molar-refractivity contribution in [1.82, 2.24) is 30.6 Å². The van der Waals surface area contributed by atoms with Gasteiger partial charge >= 0.3 is 17.6 Å². The molecule has 0 spiro atoms. The Bertz CT molecular complexity index is 1250. The molecule has 15 heteroatoms. The predicted octanol–water partition coefficient (Wildman–Crippen LogP) is 2.49. The van der Waals surface area contributed by atoms with Gasteiger partial charge in [0.2, 0.25) is 0 Å². The van der Waals surface area contributed by atoms with Gasteiger partial charge < -0.3 is 30.0 Å².